The number of aliphatic carboxylic acids is 1. The number of phenols is 6. The quantitative estimate of drug-likeness (QED) is 0.0909. The van der Waals surface area contributed by atoms with Crippen molar-refractivity contribution in [3.8, 4) is 34.5 Å². The Labute approximate surface area is 296 Å². The van der Waals surface area contributed by atoms with E-state index in [1.54, 1.807) is 0 Å². The molecule has 15 nitrogen and oxygen atoms in total. The number of amides is 2. The van der Waals surface area contributed by atoms with Gasteiger partial charge in [0.1, 0.15) is 34.5 Å². The van der Waals surface area contributed by atoms with Crippen molar-refractivity contribution in [3.05, 3.63) is 70.2 Å². The second-order valence-corrected chi connectivity index (χ2v) is 10.8. The van der Waals surface area contributed by atoms with Crippen LogP contribution in [-0.2, 0) is 52.7 Å². The summed E-state index contributed by atoms with van der Waals surface area (Å²) in [5, 5.41) is 64.7. The number of halogens is 2. The summed E-state index contributed by atoms with van der Waals surface area (Å²) < 4.78 is 9.54. The Morgan fingerprint density at radius 3 is 1.34 bits per heavy atom. The number of esters is 2. The summed E-state index contributed by atoms with van der Waals surface area (Å²) in [6.45, 7) is 0. The zero-order valence-electron chi connectivity index (χ0n) is 27.0. The fraction of sp³-hybridized carbons (Fsp3) is 0.303. The Morgan fingerprint density at radius 2 is 1.00 bits per heavy atom. The van der Waals surface area contributed by atoms with Crippen LogP contribution in [-0.4, -0.2) is 84.1 Å². The maximum Gasteiger partial charge on any atom is 0.305 e. The lowest BCUT2D eigenvalue weighted by molar-refractivity contribution is -0.141. The van der Waals surface area contributed by atoms with Crippen molar-refractivity contribution in [2.24, 2.45) is 0 Å². The van der Waals surface area contributed by atoms with E-state index in [0.29, 0.717) is 9.98 Å². The fourth-order valence-corrected chi connectivity index (χ4v) is 4.27. The SMILES string of the molecule is COC(=O)CCc1c(O)ccc(Cl)c1O.COC(=O)CCc1c(O)cccc1O.O=C(O)CCc1c(O)cccc1O.O=C1CCC(=O)N1Cl. The monoisotopic (exact) mass is 741 g/mol. The molecule has 3 aromatic carbocycles. The van der Waals surface area contributed by atoms with E-state index >= 15 is 0 Å². The van der Waals surface area contributed by atoms with Crippen LogP contribution in [0.4, 0.5) is 0 Å². The average Bonchev–Trinajstić information content (AvgIpc) is 3.37. The maximum absolute atomic E-state index is 10.9. The van der Waals surface area contributed by atoms with Crippen molar-refractivity contribution in [2.75, 3.05) is 14.2 Å². The summed E-state index contributed by atoms with van der Waals surface area (Å²) in [4.78, 5) is 52.6. The van der Waals surface area contributed by atoms with Gasteiger partial charge < -0.3 is 45.2 Å². The molecular weight excluding hydrogens is 705 g/mol. The van der Waals surface area contributed by atoms with Crippen LogP contribution in [0.5, 0.6) is 34.5 Å². The zero-order valence-corrected chi connectivity index (χ0v) is 28.5. The van der Waals surface area contributed by atoms with Crippen LogP contribution >= 0.6 is 23.4 Å². The van der Waals surface area contributed by atoms with Crippen molar-refractivity contribution in [3.63, 3.8) is 0 Å². The van der Waals surface area contributed by atoms with Gasteiger partial charge in [0.2, 0.25) is 11.8 Å². The molecule has 1 aliphatic rings. The molecule has 1 saturated heterocycles. The molecule has 4 rings (SSSR count). The molecule has 0 atom stereocenters. The summed E-state index contributed by atoms with van der Waals surface area (Å²) >= 11 is 10.8. The number of ether oxygens (including phenoxy) is 2. The van der Waals surface area contributed by atoms with E-state index in [1.165, 1.54) is 62.8 Å². The van der Waals surface area contributed by atoms with Crippen molar-refractivity contribution in [1.29, 1.82) is 0 Å². The first-order valence-corrected chi connectivity index (χ1v) is 15.3. The number of imide groups is 1. The molecule has 0 radical (unpaired) electrons. The molecule has 0 spiro atoms. The smallest absolute Gasteiger partial charge is 0.305 e. The molecule has 0 unspecified atom stereocenters. The van der Waals surface area contributed by atoms with E-state index in [0.717, 1.165) is 0 Å². The first-order chi connectivity index (χ1) is 23.5. The number of carboxylic acid groups (broad SMARTS) is 1. The van der Waals surface area contributed by atoms with Crippen molar-refractivity contribution < 1.29 is 69.2 Å². The number of phenolic OH excluding ortho intramolecular Hbond substituents is 6. The van der Waals surface area contributed by atoms with E-state index in [1.807, 2.05) is 0 Å². The lowest BCUT2D eigenvalue weighted by Crippen LogP contribution is -2.16. The highest BCUT2D eigenvalue weighted by molar-refractivity contribution is 6.32. The molecular formula is C33H37Cl2NO14. The molecule has 3 aromatic rings. The zero-order chi connectivity index (χ0) is 38.0. The second-order valence-electron chi connectivity index (χ2n) is 10.1. The molecule has 0 saturated carbocycles. The van der Waals surface area contributed by atoms with Crippen LogP contribution < -0.4 is 0 Å². The van der Waals surface area contributed by atoms with Crippen molar-refractivity contribution in [1.82, 2.24) is 4.42 Å². The first-order valence-electron chi connectivity index (χ1n) is 14.6. The second kappa shape index (κ2) is 21.5. The predicted molar refractivity (Wildman–Crippen MR) is 178 cm³/mol. The summed E-state index contributed by atoms with van der Waals surface area (Å²) in [7, 11) is 2.58. The van der Waals surface area contributed by atoms with Crippen LogP contribution in [0.2, 0.25) is 5.02 Å². The van der Waals surface area contributed by atoms with Gasteiger partial charge in [0.15, 0.2) is 0 Å². The van der Waals surface area contributed by atoms with Crippen LogP contribution in [0.1, 0.15) is 48.8 Å². The average molecular weight is 743 g/mol. The van der Waals surface area contributed by atoms with E-state index < -0.39 is 11.9 Å². The van der Waals surface area contributed by atoms with Gasteiger partial charge in [-0.15, -0.1) is 0 Å². The molecule has 1 fully saturated rings. The highest BCUT2D eigenvalue weighted by Crippen LogP contribution is 2.34. The Balaban J connectivity index is 0.000000340. The summed E-state index contributed by atoms with van der Waals surface area (Å²) in [5.74, 6) is -2.75. The molecule has 0 bridgehead atoms. The van der Waals surface area contributed by atoms with Crippen LogP contribution in [0.3, 0.4) is 0 Å². The third-order valence-corrected chi connectivity index (χ3v) is 7.34. The number of hydrogen-bond acceptors (Lipinski definition) is 13. The number of carboxylic acids is 1. The number of hydrogen-bond donors (Lipinski definition) is 7. The van der Waals surface area contributed by atoms with Gasteiger partial charge in [-0.2, -0.15) is 4.42 Å². The summed E-state index contributed by atoms with van der Waals surface area (Å²) in [5.41, 5.74) is 0.913. The summed E-state index contributed by atoms with van der Waals surface area (Å²) in [6, 6.07) is 11.5. The largest absolute Gasteiger partial charge is 0.508 e. The number of rotatable bonds is 9. The highest BCUT2D eigenvalue weighted by Gasteiger charge is 2.26. The number of benzene rings is 3. The lowest BCUT2D eigenvalue weighted by atomic mass is 10.1. The normalized spacial score (nSPS) is 11.6. The Hall–Kier alpha value is -5.41. The van der Waals surface area contributed by atoms with Gasteiger partial charge >= 0.3 is 17.9 Å². The van der Waals surface area contributed by atoms with E-state index in [-0.39, 0.29) is 120 Å². The van der Waals surface area contributed by atoms with Gasteiger partial charge in [-0.3, -0.25) is 24.0 Å². The summed E-state index contributed by atoms with van der Waals surface area (Å²) in [6.07, 6.45) is 1.24. The van der Waals surface area contributed by atoms with Gasteiger partial charge in [0, 0.05) is 60.6 Å². The molecule has 7 N–H and O–H groups in total. The third kappa shape index (κ3) is 14.4. The fourth-order valence-electron chi connectivity index (χ4n) is 3.92. The molecule has 1 heterocycles. The minimum Gasteiger partial charge on any atom is -0.508 e. The lowest BCUT2D eigenvalue weighted by Gasteiger charge is -2.07. The van der Waals surface area contributed by atoms with Crippen LogP contribution in [0, 0.1) is 0 Å². The maximum atomic E-state index is 10.9. The Bertz CT molecular complexity index is 1590. The Morgan fingerprint density at radius 1 is 0.640 bits per heavy atom. The number of aromatic hydroxyl groups is 6. The van der Waals surface area contributed by atoms with Gasteiger partial charge in [0.25, 0.3) is 0 Å². The minimum atomic E-state index is -0.956. The molecule has 1 aliphatic heterocycles. The molecule has 50 heavy (non-hydrogen) atoms. The molecule has 2 amide bonds. The van der Waals surface area contributed by atoms with E-state index in [9.17, 15) is 54.6 Å². The number of carbonyl (C=O) groups is 5. The van der Waals surface area contributed by atoms with Gasteiger partial charge in [-0.25, -0.2) is 0 Å². The first kappa shape index (κ1) is 42.6. The van der Waals surface area contributed by atoms with Gasteiger partial charge in [0.05, 0.1) is 19.2 Å². The minimum absolute atomic E-state index is 0.00565. The standard InChI is InChI=1S/C10H11ClO4.C10H12O4.C9H10O4.C4H4ClNO2/c1-15-9(13)5-2-6-8(12)4-3-7(11)10(6)14;1-14-10(13)6-5-7-8(11)3-2-4-9(7)12;10-7-2-1-3-8(11)6(7)4-5-9(12)13;5-6-3(7)1-2-4(6)8/h3-4,12,14H,2,5H2,1H3;2-4,11-12H,5-6H2,1H3;1-3,10-11H,4-5H2,(H,12,13);1-2H2. The van der Waals surface area contributed by atoms with Crippen molar-refractivity contribution >= 4 is 53.1 Å². The third-order valence-electron chi connectivity index (χ3n) is 6.66. The van der Waals surface area contributed by atoms with E-state index in [4.69, 9.17) is 28.5 Å². The van der Waals surface area contributed by atoms with Gasteiger partial charge in [-0.05, 0) is 55.7 Å². The van der Waals surface area contributed by atoms with Crippen molar-refractivity contribution in [2.45, 2.75) is 51.4 Å². The topological polar surface area (TPSA) is 249 Å². The molecule has 272 valence electrons. The highest BCUT2D eigenvalue weighted by atomic mass is 35.5. The number of methoxy groups -OCH3 is 2. The van der Waals surface area contributed by atoms with Crippen LogP contribution in [0.25, 0.3) is 0 Å². The number of carbonyl (C=O) groups excluding carboxylic acids is 4. The van der Waals surface area contributed by atoms with Gasteiger partial charge in [-0.1, -0.05) is 23.7 Å². The van der Waals surface area contributed by atoms with E-state index in [2.05, 4.69) is 9.47 Å². The molecule has 0 aliphatic carbocycles. The predicted octanol–water partition coefficient (Wildman–Crippen LogP) is 4.46. The molecule has 17 heteroatoms. The Kier molecular flexibility index (Phi) is 18.4. The number of nitrogens with zero attached hydrogens (tertiary/aromatic N) is 1. The van der Waals surface area contributed by atoms with Crippen LogP contribution in [0.15, 0.2) is 48.5 Å². The molecule has 0 aromatic heterocycles.